The Balaban J connectivity index is 1.60. The minimum Gasteiger partial charge on any atom is -0.335 e. The molecule has 1 aromatic carbocycles. The predicted molar refractivity (Wildman–Crippen MR) is 97.0 cm³/mol. The van der Waals surface area contributed by atoms with Crippen LogP contribution >= 0.6 is 0 Å². The molecule has 4 rings (SSSR count). The summed E-state index contributed by atoms with van der Waals surface area (Å²) in [7, 11) is 0. The summed E-state index contributed by atoms with van der Waals surface area (Å²) in [6.45, 7) is 4.30. The molecule has 6 nitrogen and oxygen atoms in total. The molecule has 0 spiro atoms. The lowest BCUT2D eigenvalue weighted by molar-refractivity contribution is -0.135. The highest BCUT2D eigenvalue weighted by Crippen LogP contribution is 2.40. The van der Waals surface area contributed by atoms with Crippen molar-refractivity contribution in [3.63, 3.8) is 0 Å². The van der Waals surface area contributed by atoms with Crippen LogP contribution in [0.1, 0.15) is 44.0 Å². The highest BCUT2D eigenvalue weighted by atomic mass is 16.2. The van der Waals surface area contributed by atoms with E-state index < -0.39 is 0 Å². The van der Waals surface area contributed by atoms with Gasteiger partial charge in [-0.05, 0) is 57.6 Å². The topological polar surface area (TPSA) is 74.8 Å². The maximum absolute atomic E-state index is 13.1. The number of hydrogen-bond acceptors (Lipinski definition) is 4. The molecule has 2 aliphatic carbocycles. The Morgan fingerprint density at radius 1 is 1.35 bits per heavy atom. The molecule has 6 heteroatoms. The summed E-state index contributed by atoms with van der Waals surface area (Å²) < 4.78 is 1.87. The summed E-state index contributed by atoms with van der Waals surface area (Å²) in [5, 5.41) is 17.6. The van der Waals surface area contributed by atoms with Gasteiger partial charge in [0.25, 0.3) is 0 Å². The van der Waals surface area contributed by atoms with E-state index in [1.807, 2.05) is 23.6 Å². The summed E-state index contributed by atoms with van der Waals surface area (Å²) in [5.74, 6) is 2.16. The zero-order valence-corrected chi connectivity index (χ0v) is 15.2. The molecule has 134 valence electrons. The molecule has 1 amide bonds. The van der Waals surface area contributed by atoms with Gasteiger partial charge in [0.1, 0.15) is 12.4 Å². The lowest BCUT2D eigenvalue weighted by atomic mass is 10.1. The van der Waals surface area contributed by atoms with E-state index in [0.29, 0.717) is 35.2 Å². The van der Waals surface area contributed by atoms with Crippen LogP contribution in [0.25, 0.3) is 11.4 Å². The summed E-state index contributed by atoms with van der Waals surface area (Å²) in [4.78, 5) is 15.2. The molecular weight excluding hydrogens is 326 g/mol. The highest BCUT2D eigenvalue weighted by Gasteiger charge is 2.41. The van der Waals surface area contributed by atoms with Crippen LogP contribution in [0.15, 0.2) is 24.3 Å². The molecule has 0 unspecified atom stereocenters. The first-order valence-corrected chi connectivity index (χ1v) is 9.30. The zero-order chi connectivity index (χ0) is 18.3. The van der Waals surface area contributed by atoms with Crippen molar-refractivity contribution in [3.8, 4) is 17.5 Å². The van der Waals surface area contributed by atoms with Gasteiger partial charge in [0.15, 0.2) is 5.82 Å². The van der Waals surface area contributed by atoms with E-state index >= 15 is 0 Å². The van der Waals surface area contributed by atoms with Gasteiger partial charge in [-0.2, -0.15) is 5.26 Å². The fourth-order valence-electron chi connectivity index (χ4n) is 3.65. The second-order valence-electron chi connectivity index (χ2n) is 7.46. The van der Waals surface area contributed by atoms with Gasteiger partial charge in [-0.3, -0.25) is 4.79 Å². The zero-order valence-electron chi connectivity index (χ0n) is 15.2. The maximum Gasteiger partial charge on any atom is 0.243 e. The van der Waals surface area contributed by atoms with Gasteiger partial charge in [0.2, 0.25) is 5.91 Å². The number of benzene rings is 1. The predicted octanol–water partition coefficient (Wildman–Crippen LogP) is 2.91. The van der Waals surface area contributed by atoms with Crippen molar-refractivity contribution in [1.29, 1.82) is 5.26 Å². The SMILES string of the molecule is Cc1nnc(-c2cccc(C#N)c2)n1CC(=O)N(C1CC1)[C@@H](C)C1CC1. The lowest BCUT2D eigenvalue weighted by Crippen LogP contribution is -2.43. The van der Waals surface area contributed by atoms with Crippen molar-refractivity contribution in [1.82, 2.24) is 19.7 Å². The van der Waals surface area contributed by atoms with E-state index in [2.05, 4.69) is 28.1 Å². The number of carbonyl (C=O) groups excluding carboxylic acids is 1. The Morgan fingerprint density at radius 2 is 2.12 bits per heavy atom. The molecule has 0 saturated heterocycles. The van der Waals surface area contributed by atoms with Crippen molar-refractivity contribution in [2.24, 2.45) is 5.92 Å². The Labute approximate surface area is 153 Å². The van der Waals surface area contributed by atoms with Gasteiger partial charge in [-0.15, -0.1) is 10.2 Å². The molecule has 2 aromatic rings. The minimum absolute atomic E-state index is 0.146. The second-order valence-corrected chi connectivity index (χ2v) is 7.46. The molecule has 2 saturated carbocycles. The number of nitrogens with zero attached hydrogens (tertiary/aromatic N) is 5. The van der Waals surface area contributed by atoms with Gasteiger partial charge in [-0.25, -0.2) is 0 Å². The van der Waals surface area contributed by atoms with Crippen LogP contribution in [-0.2, 0) is 11.3 Å². The number of rotatable bonds is 6. The van der Waals surface area contributed by atoms with Crippen LogP contribution in [0.3, 0.4) is 0 Å². The smallest absolute Gasteiger partial charge is 0.243 e. The monoisotopic (exact) mass is 349 g/mol. The first-order valence-electron chi connectivity index (χ1n) is 9.30. The first kappa shape index (κ1) is 16.8. The van der Waals surface area contributed by atoms with Crippen molar-refractivity contribution in [2.75, 3.05) is 0 Å². The molecule has 0 bridgehead atoms. The molecule has 0 N–H and O–H groups in total. The van der Waals surface area contributed by atoms with Crippen molar-refractivity contribution in [2.45, 2.75) is 58.2 Å². The Bertz CT molecular complexity index is 873. The van der Waals surface area contributed by atoms with E-state index in [0.717, 1.165) is 18.4 Å². The van der Waals surface area contributed by atoms with Gasteiger partial charge in [0.05, 0.1) is 11.6 Å². The van der Waals surface area contributed by atoms with Crippen LogP contribution in [0.2, 0.25) is 0 Å². The lowest BCUT2D eigenvalue weighted by Gasteiger charge is -2.30. The molecule has 1 aromatic heterocycles. The van der Waals surface area contributed by atoms with Gasteiger partial charge in [-0.1, -0.05) is 12.1 Å². The Morgan fingerprint density at radius 3 is 2.77 bits per heavy atom. The van der Waals surface area contributed by atoms with E-state index in [1.165, 1.54) is 12.8 Å². The normalized spacial score (nSPS) is 17.6. The summed E-state index contributed by atoms with van der Waals surface area (Å²) >= 11 is 0. The first-order chi connectivity index (χ1) is 12.6. The van der Waals surface area contributed by atoms with E-state index in [1.54, 1.807) is 12.1 Å². The number of carbonyl (C=O) groups is 1. The van der Waals surface area contributed by atoms with Crippen molar-refractivity contribution >= 4 is 5.91 Å². The third-order valence-corrected chi connectivity index (χ3v) is 5.45. The van der Waals surface area contributed by atoms with Crippen LogP contribution < -0.4 is 0 Å². The fraction of sp³-hybridized carbons (Fsp3) is 0.500. The molecule has 2 fully saturated rings. The number of nitriles is 1. The van der Waals surface area contributed by atoms with Crippen LogP contribution in [0, 0.1) is 24.2 Å². The molecular formula is C20H23N5O. The van der Waals surface area contributed by atoms with Crippen LogP contribution in [0.5, 0.6) is 0 Å². The van der Waals surface area contributed by atoms with Crippen molar-refractivity contribution in [3.05, 3.63) is 35.7 Å². The Kier molecular flexibility index (Phi) is 4.23. The van der Waals surface area contributed by atoms with Crippen LogP contribution in [-0.4, -0.2) is 37.7 Å². The maximum atomic E-state index is 13.1. The molecule has 0 aliphatic heterocycles. The van der Waals surface area contributed by atoms with Crippen LogP contribution in [0.4, 0.5) is 0 Å². The third-order valence-electron chi connectivity index (χ3n) is 5.45. The van der Waals surface area contributed by atoms with Gasteiger partial charge >= 0.3 is 0 Å². The highest BCUT2D eigenvalue weighted by molar-refractivity contribution is 5.78. The molecule has 1 atom stereocenters. The average Bonchev–Trinajstić information content (AvgIpc) is 3.55. The fourth-order valence-corrected chi connectivity index (χ4v) is 3.65. The number of amides is 1. The van der Waals surface area contributed by atoms with Gasteiger partial charge < -0.3 is 9.47 Å². The molecule has 1 heterocycles. The second kappa shape index (κ2) is 6.56. The molecule has 0 radical (unpaired) electrons. The standard InChI is InChI=1S/C20H23N5O/c1-13(16-6-7-16)25(18-8-9-18)19(26)12-24-14(2)22-23-20(24)17-5-3-4-15(10-17)11-21/h3-5,10,13,16,18H,6-9,12H2,1-2H3/t13-/m0/s1. The summed E-state index contributed by atoms with van der Waals surface area (Å²) in [6.07, 6.45) is 4.69. The van der Waals surface area contributed by atoms with Gasteiger partial charge in [0, 0.05) is 17.6 Å². The third kappa shape index (κ3) is 3.22. The van der Waals surface area contributed by atoms with E-state index in [-0.39, 0.29) is 12.5 Å². The quantitative estimate of drug-likeness (QED) is 0.803. The molecule has 2 aliphatic rings. The number of aromatic nitrogens is 3. The van der Waals surface area contributed by atoms with E-state index in [4.69, 9.17) is 5.26 Å². The Hall–Kier alpha value is -2.68. The average molecular weight is 349 g/mol. The largest absolute Gasteiger partial charge is 0.335 e. The number of aryl methyl sites for hydroxylation is 1. The summed E-state index contributed by atoms with van der Waals surface area (Å²) in [5.41, 5.74) is 1.38. The summed E-state index contributed by atoms with van der Waals surface area (Å²) in [6, 6.07) is 10.1. The minimum atomic E-state index is 0.146. The molecule has 26 heavy (non-hydrogen) atoms. The number of hydrogen-bond donors (Lipinski definition) is 0. The van der Waals surface area contributed by atoms with Crippen molar-refractivity contribution < 1.29 is 4.79 Å². The van der Waals surface area contributed by atoms with E-state index in [9.17, 15) is 4.79 Å².